The van der Waals surface area contributed by atoms with Gasteiger partial charge in [0.05, 0.1) is 9.75 Å². The number of aromatic nitrogens is 2. The van der Waals surface area contributed by atoms with Crippen LogP contribution < -0.4 is 0 Å². The first-order chi connectivity index (χ1) is 23.3. The molecule has 6 aromatic heterocycles. The van der Waals surface area contributed by atoms with Crippen LogP contribution in [0.15, 0.2) is 103 Å². The largest absolute Gasteiger partial charge is 0.455 e. The van der Waals surface area contributed by atoms with Gasteiger partial charge in [-0.2, -0.15) is 0 Å². The van der Waals surface area contributed by atoms with E-state index in [0.717, 1.165) is 33.4 Å². The van der Waals surface area contributed by atoms with Gasteiger partial charge in [0.25, 0.3) is 0 Å². The highest BCUT2D eigenvalue weighted by atomic mass is 32.1. The van der Waals surface area contributed by atoms with Crippen molar-refractivity contribution in [3.8, 4) is 42.8 Å². The van der Waals surface area contributed by atoms with E-state index in [4.69, 9.17) is 17.7 Å². The molecule has 10 aromatic rings. The molecule has 0 saturated heterocycles. The van der Waals surface area contributed by atoms with E-state index in [9.17, 15) is 8.78 Å². The van der Waals surface area contributed by atoms with E-state index in [2.05, 4.69) is 9.97 Å². The topological polar surface area (TPSA) is 78.3 Å². The highest BCUT2D eigenvalue weighted by molar-refractivity contribution is 7.19. The molecule has 0 N–H and O–H groups in total. The molecule has 0 radical (unpaired) electrons. The van der Waals surface area contributed by atoms with Gasteiger partial charge >= 0.3 is 0 Å². The van der Waals surface area contributed by atoms with Crippen LogP contribution in [0, 0.1) is 23.3 Å². The smallest absolute Gasteiger partial charge is 0.237 e. The van der Waals surface area contributed by atoms with Crippen molar-refractivity contribution in [3.05, 3.63) is 108 Å². The van der Waals surface area contributed by atoms with E-state index >= 15 is 8.78 Å². The van der Waals surface area contributed by atoms with Gasteiger partial charge in [-0.05, 0) is 95.7 Å². The third-order valence-corrected chi connectivity index (χ3v) is 10.3. The van der Waals surface area contributed by atoms with Gasteiger partial charge in [0.15, 0.2) is 11.2 Å². The molecule has 0 aliphatic carbocycles. The van der Waals surface area contributed by atoms with Gasteiger partial charge in [-0.15, -0.1) is 22.7 Å². The zero-order chi connectivity index (χ0) is 32.3. The number of benzene rings is 4. The number of hydrogen-bond donors (Lipinski definition) is 0. The average molecular weight is 679 g/mol. The summed E-state index contributed by atoms with van der Waals surface area (Å²) in [4.78, 5) is 10.7. The van der Waals surface area contributed by atoms with Gasteiger partial charge in [-0.3, -0.25) is 0 Å². The van der Waals surface area contributed by atoms with E-state index in [-0.39, 0.29) is 33.1 Å². The molecule has 48 heavy (non-hydrogen) atoms. The molecule has 0 fully saturated rings. The maximum atomic E-state index is 15.1. The van der Waals surface area contributed by atoms with Crippen molar-refractivity contribution in [1.82, 2.24) is 9.97 Å². The minimum absolute atomic E-state index is 0.242. The van der Waals surface area contributed by atoms with Crippen LogP contribution in [0.5, 0.6) is 0 Å². The van der Waals surface area contributed by atoms with Gasteiger partial charge in [-0.1, -0.05) is 0 Å². The van der Waals surface area contributed by atoms with Gasteiger partial charge in [-0.25, -0.2) is 27.5 Å². The molecule has 0 bridgehead atoms. The van der Waals surface area contributed by atoms with Gasteiger partial charge < -0.3 is 17.7 Å². The predicted molar refractivity (Wildman–Crippen MR) is 176 cm³/mol. The lowest BCUT2D eigenvalue weighted by Crippen LogP contribution is -1.76. The average Bonchev–Trinajstić information content (AvgIpc) is 3.90. The van der Waals surface area contributed by atoms with Crippen molar-refractivity contribution < 1.29 is 35.2 Å². The molecule has 0 saturated carbocycles. The Balaban J connectivity index is 0.988. The van der Waals surface area contributed by atoms with Crippen LogP contribution >= 0.6 is 22.7 Å². The maximum absolute atomic E-state index is 15.1. The Morgan fingerprint density at radius 1 is 0.438 bits per heavy atom. The van der Waals surface area contributed by atoms with Crippen molar-refractivity contribution >= 4 is 77.6 Å². The number of halogens is 4. The molecule has 0 amide bonds. The minimum atomic E-state index is -0.505. The fourth-order valence-corrected chi connectivity index (χ4v) is 7.67. The molecule has 12 heteroatoms. The molecule has 0 unspecified atom stereocenters. The Labute approximate surface area is 273 Å². The van der Waals surface area contributed by atoms with E-state index in [0.29, 0.717) is 53.9 Å². The number of thiophene rings is 2. The lowest BCUT2D eigenvalue weighted by Gasteiger charge is -1.96. The first-order valence-electron chi connectivity index (χ1n) is 14.4. The molecular weight excluding hydrogens is 665 g/mol. The van der Waals surface area contributed by atoms with Crippen LogP contribution in [0.1, 0.15) is 0 Å². The van der Waals surface area contributed by atoms with Gasteiger partial charge in [0, 0.05) is 10.8 Å². The zero-order valence-corrected chi connectivity index (χ0v) is 25.6. The quantitative estimate of drug-likeness (QED) is 0.172. The molecule has 6 heterocycles. The van der Waals surface area contributed by atoms with Crippen molar-refractivity contribution in [2.45, 2.75) is 0 Å². The van der Waals surface area contributed by atoms with Crippen molar-refractivity contribution in [2.75, 3.05) is 0 Å². The monoisotopic (exact) mass is 678 g/mol. The van der Waals surface area contributed by atoms with Crippen LogP contribution in [0.4, 0.5) is 17.6 Å². The Morgan fingerprint density at radius 3 is 1.35 bits per heavy atom. The van der Waals surface area contributed by atoms with Crippen LogP contribution in [0.25, 0.3) is 97.7 Å². The Hall–Kier alpha value is -5.72. The van der Waals surface area contributed by atoms with Crippen LogP contribution in [-0.2, 0) is 0 Å². The SMILES string of the molecule is Fc1ccc2oc(-c3sc(-c4nc5cc6cc7oc(-c8cc(F)c(-c9cc%10cc(F)ccc%10o9)s8)nc7cc6cc5o4)cc3F)cc2c1. The van der Waals surface area contributed by atoms with Crippen molar-refractivity contribution in [3.63, 3.8) is 0 Å². The summed E-state index contributed by atoms with van der Waals surface area (Å²) in [5, 5.41) is 2.68. The second-order valence-corrected chi connectivity index (χ2v) is 13.3. The molecule has 232 valence electrons. The van der Waals surface area contributed by atoms with Crippen molar-refractivity contribution in [1.29, 1.82) is 0 Å². The fraction of sp³-hybridized carbons (Fsp3) is 0. The number of nitrogens with zero attached hydrogens (tertiary/aromatic N) is 2. The second-order valence-electron chi connectivity index (χ2n) is 11.2. The third-order valence-electron chi connectivity index (χ3n) is 8.05. The predicted octanol–water partition coefficient (Wildman–Crippen LogP) is 12.0. The summed E-state index contributed by atoms with van der Waals surface area (Å²) in [7, 11) is 0. The summed E-state index contributed by atoms with van der Waals surface area (Å²) >= 11 is 2.24. The Kier molecular flexibility index (Phi) is 5.65. The van der Waals surface area contributed by atoms with E-state index in [1.54, 1.807) is 12.1 Å². The van der Waals surface area contributed by atoms with Crippen LogP contribution in [0.2, 0.25) is 0 Å². The molecule has 0 atom stereocenters. The summed E-state index contributed by atoms with van der Waals surface area (Å²) < 4.78 is 81.1. The zero-order valence-electron chi connectivity index (χ0n) is 23.9. The second kappa shape index (κ2) is 9.89. The minimum Gasteiger partial charge on any atom is -0.455 e. The molecule has 10 rings (SSSR count). The van der Waals surface area contributed by atoms with Crippen molar-refractivity contribution in [2.24, 2.45) is 0 Å². The molecule has 6 nitrogen and oxygen atoms in total. The molecule has 0 aliphatic heterocycles. The summed E-state index contributed by atoms with van der Waals surface area (Å²) in [5.41, 5.74) is 3.01. The molecule has 4 aromatic carbocycles. The Bertz CT molecular complexity index is 2660. The highest BCUT2D eigenvalue weighted by Gasteiger charge is 2.22. The van der Waals surface area contributed by atoms with E-state index < -0.39 is 23.3 Å². The van der Waals surface area contributed by atoms with Gasteiger partial charge in [0.1, 0.15) is 66.7 Å². The lowest BCUT2D eigenvalue weighted by atomic mass is 10.1. The first kappa shape index (κ1) is 27.4. The summed E-state index contributed by atoms with van der Waals surface area (Å²) in [6.45, 7) is 0. The fourth-order valence-electron chi connectivity index (χ4n) is 5.84. The standard InChI is InChI=1S/C36H14F4N2O4S2/c37-19-1-3-25-17(5-19)11-29(43-25)33-21(39)13-31(47-33)35-41-23-7-15-10-28-24(8-16(15)9-27(23)45-35)42-36(46-28)32-14-22(40)34(48-32)30-12-18-6-20(38)2-4-26(18)44-30/h1-14H. The summed E-state index contributed by atoms with van der Waals surface area (Å²) in [6.07, 6.45) is 0. The highest BCUT2D eigenvalue weighted by Crippen LogP contribution is 2.42. The number of hydrogen-bond acceptors (Lipinski definition) is 8. The maximum Gasteiger partial charge on any atom is 0.237 e. The molecule has 0 aliphatic rings. The summed E-state index contributed by atoms with van der Waals surface area (Å²) in [6, 6.07) is 21.4. The number of oxazole rings is 2. The molecule has 0 spiro atoms. The Morgan fingerprint density at radius 2 is 0.896 bits per heavy atom. The normalized spacial score (nSPS) is 12.2. The molecular formula is C36H14F4N2O4S2. The van der Waals surface area contributed by atoms with E-state index in [1.807, 2.05) is 24.3 Å². The first-order valence-corrected chi connectivity index (χ1v) is 16.1. The van der Waals surface area contributed by atoms with E-state index in [1.165, 1.54) is 48.5 Å². The number of fused-ring (bicyclic) bond motifs is 5. The third kappa shape index (κ3) is 4.30. The number of furan rings is 2. The van der Waals surface area contributed by atoms with Crippen LogP contribution in [0.3, 0.4) is 0 Å². The summed E-state index contributed by atoms with van der Waals surface area (Å²) in [5.74, 6) is -0.764. The van der Waals surface area contributed by atoms with Gasteiger partial charge in [0.2, 0.25) is 11.8 Å². The van der Waals surface area contributed by atoms with Crippen LogP contribution in [-0.4, -0.2) is 9.97 Å². The lowest BCUT2D eigenvalue weighted by molar-refractivity contribution is 0.602. The number of rotatable bonds is 4.